The van der Waals surface area contributed by atoms with Crippen molar-refractivity contribution in [3.63, 3.8) is 0 Å². The van der Waals surface area contributed by atoms with Crippen LogP contribution < -0.4 is 0 Å². The zero-order valence-electron chi connectivity index (χ0n) is 11.1. The molecule has 3 nitrogen and oxygen atoms in total. The highest BCUT2D eigenvalue weighted by Crippen LogP contribution is 2.31. The van der Waals surface area contributed by atoms with Gasteiger partial charge in [-0.15, -0.1) is 0 Å². The summed E-state index contributed by atoms with van der Waals surface area (Å²) in [6.45, 7) is 3.88. The summed E-state index contributed by atoms with van der Waals surface area (Å²) in [4.78, 5) is 10.9. The fraction of sp³-hybridized carbons (Fsp3) is 0.267. The summed E-state index contributed by atoms with van der Waals surface area (Å²) in [5, 5.41) is 9.84. The van der Waals surface area contributed by atoms with Crippen LogP contribution in [0.15, 0.2) is 30.5 Å². The number of aromatic nitrogens is 1. The molecule has 100 valence electrons. The SMILES string of the molecule is CC(C)/C(=C\C(=O)O)c1cn(C)c2cc(F)ccc12. The molecule has 1 N–H and O–H groups in total. The quantitative estimate of drug-likeness (QED) is 0.860. The highest BCUT2D eigenvalue weighted by molar-refractivity contribution is 5.98. The van der Waals surface area contributed by atoms with Gasteiger partial charge in [0.1, 0.15) is 5.82 Å². The molecule has 0 atom stereocenters. The Balaban J connectivity index is 2.71. The second kappa shape index (κ2) is 4.88. The number of aryl methyl sites for hydroxylation is 1. The lowest BCUT2D eigenvalue weighted by Gasteiger charge is -2.09. The van der Waals surface area contributed by atoms with Crippen LogP contribution in [-0.4, -0.2) is 15.6 Å². The topological polar surface area (TPSA) is 42.2 Å². The molecule has 0 saturated carbocycles. The molecule has 0 radical (unpaired) electrons. The molecule has 0 aliphatic carbocycles. The lowest BCUT2D eigenvalue weighted by molar-refractivity contribution is -0.131. The van der Waals surface area contributed by atoms with E-state index in [2.05, 4.69) is 0 Å². The van der Waals surface area contributed by atoms with Crippen molar-refractivity contribution in [3.8, 4) is 0 Å². The Labute approximate surface area is 111 Å². The molecule has 0 aliphatic rings. The van der Waals surface area contributed by atoms with Gasteiger partial charge in [0.15, 0.2) is 0 Å². The van der Waals surface area contributed by atoms with Crippen molar-refractivity contribution in [2.75, 3.05) is 0 Å². The molecule has 1 heterocycles. The first-order valence-corrected chi connectivity index (χ1v) is 6.09. The van der Waals surface area contributed by atoms with Gasteiger partial charge >= 0.3 is 5.97 Å². The predicted octanol–water partition coefficient (Wildman–Crippen LogP) is 3.44. The number of carboxylic acids is 1. The van der Waals surface area contributed by atoms with Gasteiger partial charge < -0.3 is 9.67 Å². The van der Waals surface area contributed by atoms with E-state index in [1.54, 1.807) is 6.07 Å². The Morgan fingerprint density at radius 2 is 2.11 bits per heavy atom. The van der Waals surface area contributed by atoms with E-state index in [4.69, 9.17) is 5.11 Å². The van der Waals surface area contributed by atoms with E-state index in [1.165, 1.54) is 18.2 Å². The van der Waals surface area contributed by atoms with Crippen LogP contribution in [0.4, 0.5) is 4.39 Å². The van der Waals surface area contributed by atoms with Crippen LogP contribution in [-0.2, 0) is 11.8 Å². The Morgan fingerprint density at radius 1 is 1.42 bits per heavy atom. The summed E-state index contributed by atoms with van der Waals surface area (Å²) >= 11 is 0. The molecule has 0 aliphatic heterocycles. The van der Waals surface area contributed by atoms with E-state index < -0.39 is 5.97 Å². The lowest BCUT2D eigenvalue weighted by atomic mass is 9.94. The summed E-state index contributed by atoms with van der Waals surface area (Å²) in [6, 6.07) is 4.54. The Hall–Kier alpha value is -2.10. The van der Waals surface area contributed by atoms with Crippen molar-refractivity contribution in [3.05, 3.63) is 41.9 Å². The summed E-state index contributed by atoms with van der Waals surface area (Å²) in [6.07, 6.45) is 3.07. The monoisotopic (exact) mass is 261 g/mol. The first kappa shape index (κ1) is 13.3. The molecule has 0 spiro atoms. The maximum absolute atomic E-state index is 13.3. The molecule has 4 heteroatoms. The third kappa shape index (κ3) is 2.52. The van der Waals surface area contributed by atoms with Crippen LogP contribution in [0.25, 0.3) is 16.5 Å². The molecule has 2 aromatic rings. The predicted molar refractivity (Wildman–Crippen MR) is 73.3 cm³/mol. The minimum Gasteiger partial charge on any atom is -0.478 e. The molecule has 19 heavy (non-hydrogen) atoms. The largest absolute Gasteiger partial charge is 0.478 e. The molecule has 0 bridgehead atoms. The van der Waals surface area contributed by atoms with Crippen molar-refractivity contribution >= 4 is 22.4 Å². The number of halogens is 1. The second-order valence-corrected chi connectivity index (χ2v) is 4.91. The molecule has 0 amide bonds. The number of nitrogens with zero attached hydrogens (tertiary/aromatic N) is 1. The summed E-state index contributed by atoms with van der Waals surface area (Å²) in [5.74, 6) is -1.19. The molecule has 1 aromatic heterocycles. The van der Waals surface area contributed by atoms with Gasteiger partial charge in [-0.2, -0.15) is 0 Å². The van der Waals surface area contributed by atoms with E-state index in [-0.39, 0.29) is 11.7 Å². The second-order valence-electron chi connectivity index (χ2n) is 4.91. The van der Waals surface area contributed by atoms with Gasteiger partial charge in [0.25, 0.3) is 0 Å². The molecular weight excluding hydrogens is 245 g/mol. The van der Waals surface area contributed by atoms with Crippen molar-refractivity contribution in [2.45, 2.75) is 13.8 Å². The standard InChI is InChI=1S/C15H16FNO2/c1-9(2)12(7-15(18)19)13-8-17(3)14-6-10(16)4-5-11(13)14/h4-9H,1-3H3,(H,18,19)/b12-7+. The fourth-order valence-corrected chi connectivity index (χ4v) is 2.28. The molecule has 0 unspecified atom stereocenters. The normalized spacial score (nSPS) is 12.4. The fourth-order valence-electron chi connectivity index (χ4n) is 2.28. The van der Waals surface area contributed by atoms with Crippen LogP contribution in [0.1, 0.15) is 19.4 Å². The van der Waals surface area contributed by atoms with Gasteiger partial charge in [-0.1, -0.05) is 13.8 Å². The third-order valence-corrected chi connectivity index (χ3v) is 3.16. The van der Waals surface area contributed by atoms with Gasteiger partial charge in [0, 0.05) is 30.3 Å². The van der Waals surface area contributed by atoms with Crippen LogP contribution >= 0.6 is 0 Å². The number of hydrogen-bond acceptors (Lipinski definition) is 1. The first-order chi connectivity index (χ1) is 8.90. The van der Waals surface area contributed by atoms with Crippen LogP contribution in [0.5, 0.6) is 0 Å². The number of rotatable bonds is 3. The summed E-state index contributed by atoms with van der Waals surface area (Å²) in [5.41, 5.74) is 2.34. The maximum Gasteiger partial charge on any atom is 0.328 e. The zero-order chi connectivity index (χ0) is 14.2. The van der Waals surface area contributed by atoms with Crippen molar-refractivity contribution in [2.24, 2.45) is 13.0 Å². The lowest BCUT2D eigenvalue weighted by Crippen LogP contribution is -1.98. The zero-order valence-corrected chi connectivity index (χ0v) is 11.1. The highest BCUT2D eigenvalue weighted by atomic mass is 19.1. The molecule has 2 rings (SSSR count). The van der Waals surface area contributed by atoms with Crippen LogP contribution in [0.2, 0.25) is 0 Å². The molecule has 1 aromatic carbocycles. The van der Waals surface area contributed by atoms with E-state index in [1.807, 2.05) is 31.7 Å². The Bertz CT molecular complexity index is 668. The van der Waals surface area contributed by atoms with Crippen LogP contribution in [0, 0.1) is 11.7 Å². The number of hydrogen-bond donors (Lipinski definition) is 1. The number of carboxylic acid groups (broad SMARTS) is 1. The number of allylic oxidation sites excluding steroid dienone is 1. The smallest absolute Gasteiger partial charge is 0.328 e. The summed E-state index contributed by atoms with van der Waals surface area (Å²) < 4.78 is 15.1. The van der Waals surface area contributed by atoms with Crippen molar-refractivity contribution < 1.29 is 14.3 Å². The Kier molecular flexibility index (Phi) is 3.42. The number of fused-ring (bicyclic) bond motifs is 1. The first-order valence-electron chi connectivity index (χ1n) is 6.09. The van der Waals surface area contributed by atoms with Gasteiger partial charge in [-0.05, 0) is 29.7 Å². The third-order valence-electron chi connectivity index (χ3n) is 3.16. The average Bonchev–Trinajstić information content (AvgIpc) is 2.63. The molecule has 0 fully saturated rings. The average molecular weight is 261 g/mol. The number of benzene rings is 1. The van der Waals surface area contributed by atoms with E-state index in [0.29, 0.717) is 0 Å². The van der Waals surface area contributed by atoms with E-state index >= 15 is 0 Å². The van der Waals surface area contributed by atoms with Crippen LogP contribution in [0.3, 0.4) is 0 Å². The number of carbonyl (C=O) groups is 1. The van der Waals surface area contributed by atoms with E-state index in [0.717, 1.165) is 22.0 Å². The van der Waals surface area contributed by atoms with Gasteiger partial charge in [0.05, 0.1) is 5.52 Å². The number of aliphatic carboxylic acids is 1. The van der Waals surface area contributed by atoms with Crippen molar-refractivity contribution in [1.82, 2.24) is 4.57 Å². The Morgan fingerprint density at radius 3 is 2.68 bits per heavy atom. The van der Waals surface area contributed by atoms with Gasteiger partial charge in [0.2, 0.25) is 0 Å². The summed E-state index contributed by atoms with van der Waals surface area (Å²) in [7, 11) is 1.82. The van der Waals surface area contributed by atoms with Crippen molar-refractivity contribution in [1.29, 1.82) is 0 Å². The van der Waals surface area contributed by atoms with Gasteiger partial charge in [-0.3, -0.25) is 0 Å². The highest BCUT2D eigenvalue weighted by Gasteiger charge is 2.15. The van der Waals surface area contributed by atoms with E-state index in [9.17, 15) is 9.18 Å². The minimum absolute atomic E-state index is 0.0757. The minimum atomic E-state index is -0.970. The maximum atomic E-state index is 13.3. The van der Waals surface area contributed by atoms with Gasteiger partial charge in [-0.25, -0.2) is 9.18 Å². The molecule has 0 saturated heterocycles. The molecular formula is C15H16FNO2.